The third-order valence-corrected chi connectivity index (χ3v) is 3.07. The van der Waals surface area contributed by atoms with E-state index in [-0.39, 0.29) is 0 Å². The van der Waals surface area contributed by atoms with E-state index < -0.39 is 0 Å². The Balaban J connectivity index is 1.63. The molecule has 1 aliphatic rings. The maximum absolute atomic E-state index is 5.47. The van der Waals surface area contributed by atoms with Crippen LogP contribution in [-0.2, 0) is 19.6 Å². The SMILES string of the molecule is CCn1ncnc1CNCc1cccc2c1OCO2. The van der Waals surface area contributed by atoms with Crippen molar-refractivity contribution in [1.82, 2.24) is 20.1 Å². The molecule has 0 saturated heterocycles. The highest BCUT2D eigenvalue weighted by Gasteiger charge is 2.16. The molecular weight excluding hydrogens is 244 g/mol. The van der Waals surface area contributed by atoms with Crippen molar-refractivity contribution < 1.29 is 9.47 Å². The number of hydrogen-bond acceptors (Lipinski definition) is 5. The van der Waals surface area contributed by atoms with E-state index in [9.17, 15) is 0 Å². The summed E-state index contributed by atoms with van der Waals surface area (Å²) in [5.74, 6) is 2.59. The number of aromatic nitrogens is 3. The van der Waals surface area contributed by atoms with Gasteiger partial charge in [-0.25, -0.2) is 9.67 Å². The molecule has 0 unspecified atom stereocenters. The zero-order chi connectivity index (χ0) is 13.1. The van der Waals surface area contributed by atoms with Gasteiger partial charge < -0.3 is 14.8 Å². The van der Waals surface area contributed by atoms with Crippen LogP contribution in [0.5, 0.6) is 11.5 Å². The minimum absolute atomic E-state index is 0.302. The van der Waals surface area contributed by atoms with Crippen LogP contribution >= 0.6 is 0 Å². The Labute approximate surface area is 111 Å². The predicted molar refractivity (Wildman–Crippen MR) is 68.8 cm³/mol. The highest BCUT2D eigenvalue weighted by molar-refractivity contribution is 5.48. The molecule has 6 heteroatoms. The molecule has 2 heterocycles. The summed E-state index contributed by atoms with van der Waals surface area (Å²) in [4.78, 5) is 4.22. The molecule has 0 saturated carbocycles. The molecule has 0 amide bonds. The summed E-state index contributed by atoms with van der Waals surface area (Å²) in [5.41, 5.74) is 1.09. The Hall–Kier alpha value is -2.08. The summed E-state index contributed by atoms with van der Waals surface area (Å²) >= 11 is 0. The zero-order valence-corrected chi connectivity index (χ0v) is 10.8. The molecule has 2 aromatic rings. The lowest BCUT2D eigenvalue weighted by atomic mass is 10.2. The van der Waals surface area contributed by atoms with Crippen molar-refractivity contribution in [1.29, 1.82) is 0 Å². The second-order valence-corrected chi connectivity index (χ2v) is 4.25. The smallest absolute Gasteiger partial charge is 0.231 e. The van der Waals surface area contributed by atoms with Gasteiger partial charge in [-0.3, -0.25) is 0 Å². The van der Waals surface area contributed by atoms with Crippen LogP contribution in [-0.4, -0.2) is 21.6 Å². The second-order valence-electron chi connectivity index (χ2n) is 4.25. The number of fused-ring (bicyclic) bond motifs is 1. The van der Waals surface area contributed by atoms with Crippen molar-refractivity contribution in [3.05, 3.63) is 35.9 Å². The molecule has 0 bridgehead atoms. The fourth-order valence-electron chi connectivity index (χ4n) is 2.13. The summed E-state index contributed by atoms with van der Waals surface area (Å²) in [7, 11) is 0. The van der Waals surface area contributed by atoms with Gasteiger partial charge in [0.25, 0.3) is 0 Å². The van der Waals surface area contributed by atoms with Gasteiger partial charge >= 0.3 is 0 Å². The average Bonchev–Trinajstić information content (AvgIpc) is 3.07. The Bertz CT molecular complexity index is 568. The van der Waals surface area contributed by atoms with Crippen molar-refractivity contribution in [3.63, 3.8) is 0 Å². The number of para-hydroxylation sites is 1. The molecular formula is C13H16N4O2. The lowest BCUT2D eigenvalue weighted by Gasteiger charge is -2.08. The van der Waals surface area contributed by atoms with Gasteiger partial charge in [-0.15, -0.1) is 0 Å². The third kappa shape index (κ3) is 2.39. The molecule has 100 valence electrons. The summed E-state index contributed by atoms with van der Waals surface area (Å²) in [6.45, 7) is 4.57. The van der Waals surface area contributed by atoms with E-state index in [1.807, 2.05) is 29.8 Å². The lowest BCUT2D eigenvalue weighted by Crippen LogP contribution is -2.17. The van der Waals surface area contributed by atoms with Crippen molar-refractivity contribution in [2.75, 3.05) is 6.79 Å². The molecule has 1 aromatic carbocycles. The minimum Gasteiger partial charge on any atom is -0.454 e. The first-order valence-electron chi connectivity index (χ1n) is 6.33. The van der Waals surface area contributed by atoms with E-state index in [4.69, 9.17) is 9.47 Å². The maximum atomic E-state index is 5.47. The lowest BCUT2D eigenvalue weighted by molar-refractivity contribution is 0.173. The number of aryl methyl sites for hydroxylation is 1. The number of ether oxygens (including phenoxy) is 2. The van der Waals surface area contributed by atoms with Gasteiger partial charge in [0, 0.05) is 18.7 Å². The normalized spacial score (nSPS) is 12.9. The van der Waals surface area contributed by atoms with Crippen LogP contribution in [0.4, 0.5) is 0 Å². The first-order valence-corrected chi connectivity index (χ1v) is 6.33. The van der Waals surface area contributed by atoms with Crippen LogP contribution in [0, 0.1) is 0 Å². The second kappa shape index (κ2) is 5.27. The Kier molecular flexibility index (Phi) is 3.33. The van der Waals surface area contributed by atoms with Gasteiger partial charge in [0.1, 0.15) is 12.2 Å². The molecule has 19 heavy (non-hydrogen) atoms. The van der Waals surface area contributed by atoms with E-state index in [0.717, 1.165) is 29.4 Å². The average molecular weight is 260 g/mol. The van der Waals surface area contributed by atoms with Crippen molar-refractivity contribution >= 4 is 0 Å². The van der Waals surface area contributed by atoms with Crippen LogP contribution in [0.1, 0.15) is 18.3 Å². The zero-order valence-electron chi connectivity index (χ0n) is 10.8. The topological polar surface area (TPSA) is 61.2 Å². The molecule has 1 aliphatic heterocycles. The first-order chi connectivity index (χ1) is 9.38. The number of nitrogens with zero attached hydrogens (tertiary/aromatic N) is 3. The van der Waals surface area contributed by atoms with Crippen LogP contribution in [0.2, 0.25) is 0 Å². The fourth-order valence-corrected chi connectivity index (χ4v) is 2.13. The number of rotatable bonds is 5. The van der Waals surface area contributed by atoms with Gasteiger partial charge in [0.2, 0.25) is 6.79 Å². The van der Waals surface area contributed by atoms with Crippen LogP contribution in [0.15, 0.2) is 24.5 Å². The highest BCUT2D eigenvalue weighted by Crippen LogP contribution is 2.35. The van der Waals surface area contributed by atoms with Crippen LogP contribution in [0.3, 0.4) is 0 Å². The highest BCUT2D eigenvalue weighted by atomic mass is 16.7. The molecule has 0 spiro atoms. The molecule has 0 radical (unpaired) electrons. The fraction of sp³-hybridized carbons (Fsp3) is 0.385. The summed E-state index contributed by atoms with van der Waals surface area (Å²) in [5, 5.41) is 7.49. The molecule has 3 rings (SSSR count). The first kappa shape index (κ1) is 12.0. The largest absolute Gasteiger partial charge is 0.454 e. The standard InChI is InChI=1S/C13H16N4O2/c1-2-17-12(15-8-16-17)7-14-6-10-4-3-5-11-13(10)19-9-18-11/h3-5,8,14H,2,6-7,9H2,1H3. The van der Waals surface area contributed by atoms with Gasteiger partial charge in [-0.1, -0.05) is 12.1 Å². The third-order valence-electron chi connectivity index (χ3n) is 3.07. The molecule has 1 aromatic heterocycles. The Morgan fingerprint density at radius 1 is 1.32 bits per heavy atom. The number of benzene rings is 1. The Morgan fingerprint density at radius 3 is 3.16 bits per heavy atom. The van der Waals surface area contributed by atoms with Crippen molar-refractivity contribution in [2.45, 2.75) is 26.6 Å². The molecule has 0 atom stereocenters. The van der Waals surface area contributed by atoms with E-state index in [1.54, 1.807) is 6.33 Å². The monoisotopic (exact) mass is 260 g/mol. The van der Waals surface area contributed by atoms with E-state index >= 15 is 0 Å². The van der Waals surface area contributed by atoms with E-state index in [1.165, 1.54) is 0 Å². The quantitative estimate of drug-likeness (QED) is 0.878. The van der Waals surface area contributed by atoms with Crippen LogP contribution in [0.25, 0.3) is 0 Å². The van der Waals surface area contributed by atoms with E-state index in [0.29, 0.717) is 19.9 Å². The summed E-state index contributed by atoms with van der Waals surface area (Å²) in [6.07, 6.45) is 1.58. The summed E-state index contributed by atoms with van der Waals surface area (Å²) < 4.78 is 12.7. The Morgan fingerprint density at radius 2 is 2.26 bits per heavy atom. The van der Waals surface area contributed by atoms with Crippen molar-refractivity contribution in [2.24, 2.45) is 0 Å². The molecule has 1 N–H and O–H groups in total. The molecule has 0 fully saturated rings. The maximum Gasteiger partial charge on any atom is 0.231 e. The van der Waals surface area contributed by atoms with Gasteiger partial charge in [0.15, 0.2) is 11.5 Å². The summed E-state index contributed by atoms with van der Waals surface area (Å²) in [6, 6.07) is 5.92. The van der Waals surface area contributed by atoms with Gasteiger partial charge in [-0.2, -0.15) is 5.10 Å². The van der Waals surface area contributed by atoms with Gasteiger partial charge in [0.05, 0.1) is 6.54 Å². The minimum atomic E-state index is 0.302. The molecule has 0 aliphatic carbocycles. The molecule has 6 nitrogen and oxygen atoms in total. The number of nitrogens with one attached hydrogen (secondary N) is 1. The van der Waals surface area contributed by atoms with Gasteiger partial charge in [-0.05, 0) is 13.0 Å². The van der Waals surface area contributed by atoms with Crippen LogP contribution < -0.4 is 14.8 Å². The predicted octanol–water partition coefficient (Wildman–Crippen LogP) is 1.32. The van der Waals surface area contributed by atoms with Crippen molar-refractivity contribution in [3.8, 4) is 11.5 Å². The number of hydrogen-bond donors (Lipinski definition) is 1. The van der Waals surface area contributed by atoms with E-state index in [2.05, 4.69) is 15.4 Å².